The van der Waals surface area contributed by atoms with Gasteiger partial charge in [-0.1, -0.05) is 6.08 Å². The van der Waals surface area contributed by atoms with Gasteiger partial charge in [0.1, 0.15) is 0 Å². The minimum absolute atomic E-state index is 0.0270. The summed E-state index contributed by atoms with van der Waals surface area (Å²) in [4.78, 5) is 23.7. The summed E-state index contributed by atoms with van der Waals surface area (Å²) in [7, 11) is 2.93. The number of carbonyl (C=O) groups is 2. The van der Waals surface area contributed by atoms with Crippen LogP contribution in [-0.4, -0.2) is 26.2 Å². The van der Waals surface area contributed by atoms with Gasteiger partial charge in [-0.05, 0) is 67.1 Å². The number of hydrogen-bond donors (Lipinski definition) is 0. The molecule has 7 atom stereocenters. The van der Waals surface area contributed by atoms with E-state index in [1.54, 1.807) is 6.08 Å². The molecule has 4 rings (SSSR count). The van der Waals surface area contributed by atoms with Crippen molar-refractivity contribution in [3.8, 4) is 0 Å². The molecule has 7 unspecified atom stereocenters. The van der Waals surface area contributed by atoms with Crippen molar-refractivity contribution in [2.45, 2.75) is 32.1 Å². The van der Waals surface area contributed by atoms with Gasteiger partial charge < -0.3 is 9.47 Å². The van der Waals surface area contributed by atoms with Crippen molar-refractivity contribution >= 4 is 11.9 Å². The fraction of sp³-hybridized carbons (Fsp3) is 0.778. The van der Waals surface area contributed by atoms with E-state index in [1.165, 1.54) is 33.5 Å². The van der Waals surface area contributed by atoms with Crippen LogP contribution in [0.5, 0.6) is 0 Å². The third kappa shape index (κ3) is 1.64. The Labute approximate surface area is 131 Å². The molecule has 0 saturated heterocycles. The fourth-order valence-corrected chi connectivity index (χ4v) is 6.76. The van der Waals surface area contributed by atoms with Crippen LogP contribution in [-0.2, 0) is 19.1 Å². The van der Waals surface area contributed by atoms with E-state index in [-0.39, 0.29) is 23.3 Å². The predicted molar refractivity (Wildman–Crippen MR) is 79.6 cm³/mol. The summed E-state index contributed by atoms with van der Waals surface area (Å²) in [6.07, 6.45) is 9.72. The van der Waals surface area contributed by atoms with Crippen LogP contribution in [0.25, 0.3) is 0 Å². The third-order valence-electron chi connectivity index (χ3n) is 7.26. The molecule has 0 aromatic heterocycles. The maximum atomic E-state index is 12.1. The molecule has 4 fully saturated rings. The molecule has 4 saturated carbocycles. The zero-order chi connectivity index (χ0) is 15.5. The van der Waals surface area contributed by atoms with Gasteiger partial charge in [-0.25, -0.2) is 4.79 Å². The number of allylic oxidation sites excluding steroid dienone is 1. The van der Waals surface area contributed by atoms with Gasteiger partial charge in [0.15, 0.2) is 0 Å². The van der Waals surface area contributed by atoms with Crippen LogP contribution in [0.15, 0.2) is 12.2 Å². The van der Waals surface area contributed by atoms with Crippen LogP contribution in [0.4, 0.5) is 0 Å². The van der Waals surface area contributed by atoms with Crippen molar-refractivity contribution in [3.63, 3.8) is 0 Å². The highest BCUT2D eigenvalue weighted by molar-refractivity contribution is 5.82. The van der Waals surface area contributed by atoms with Crippen molar-refractivity contribution in [3.05, 3.63) is 12.2 Å². The van der Waals surface area contributed by atoms with E-state index in [2.05, 4.69) is 6.08 Å². The molecule has 4 nitrogen and oxygen atoms in total. The third-order valence-corrected chi connectivity index (χ3v) is 7.26. The average Bonchev–Trinajstić information content (AvgIpc) is 3.28. The molecule has 4 aliphatic carbocycles. The molecule has 0 N–H and O–H groups in total. The number of carbonyl (C=O) groups excluding carboxylic acids is 2. The summed E-state index contributed by atoms with van der Waals surface area (Å²) in [5.41, 5.74) is 0.145. The van der Waals surface area contributed by atoms with Crippen molar-refractivity contribution in [2.75, 3.05) is 14.2 Å². The largest absolute Gasteiger partial charge is 0.469 e. The molecule has 0 radical (unpaired) electrons. The molecular weight excluding hydrogens is 280 g/mol. The number of hydrogen-bond acceptors (Lipinski definition) is 4. The first kappa shape index (κ1) is 14.3. The molecule has 0 heterocycles. The highest BCUT2D eigenvalue weighted by Gasteiger charge is 2.70. The van der Waals surface area contributed by atoms with Gasteiger partial charge in [-0.3, -0.25) is 4.79 Å². The molecule has 0 amide bonds. The standard InChI is InChI=1S/C18H24O4/c1-21-15(19)5-6-18-11-4-3-10(7-11)16(18)13-8-12(18)9-14(13)17(20)22-2/h5-6,10-14,16H,3-4,7-9H2,1-2H3. The van der Waals surface area contributed by atoms with Gasteiger partial charge in [0.25, 0.3) is 0 Å². The van der Waals surface area contributed by atoms with Gasteiger partial charge >= 0.3 is 11.9 Å². The molecule has 0 aromatic rings. The normalized spacial score (nSPS) is 47.9. The molecule has 4 aliphatic rings. The molecule has 0 spiro atoms. The van der Waals surface area contributed by atoms with E-state index in [9.17, 15) is 9.59 Å². The topological polar surface area (TPSA) is 52.6 Å². The Balaban J connectivity index is 1.68. The first-order valence-corrected chi connectivity index (χ1v) is 8.46. The second-order valence-electron chi connectivity index (χ2n) is 7.61. The predicted octanol–water partition coefficient (Wildman–Crippen LogP) is 2.58. The van der Waals surface area contributed by atoms with E-state index in [0.717, 1.165) is 18.8 Å². The highest BCUT2D eigenvalue weighted by Crippen LogP contribution is 2.75. The van der Waals surface area contributed by atoms with Crippen LogP contribution < -0.4 is 0 Å². The van der Waals surface area contributed by atoms with Gasteiger partial charge in [-0.2, -0.15) is 0 Å². The van der Waals surface area contributed by atoms with Gasteiger partial charge in [0.2, 0.25) is 0 Å². The van der Waals surface area contributed by atoms with E-state index >= 15 is 0 Å². The van der Waals surface area contributed by atoms with E-state index < -0.39 is 0 Å². The number of methoxy groups -OCH3 is 2. The lowest BCUT2D eigenvalue weighted by Crippen LogP contribution is -2.44. The first-order chi connectivity index (χ1) is 10.6. The Morgan fingerprint density at radius 2 is 1.86 bits per heavy atom. The van der Waals surface area contributed by atoms with Crippen molar-refractivity contribution < 1.29 is 19.1 Å². The van der Waals surface area contributed by atoms with Crippen LogP contribution in [0.3, 0.4) is 0 Å². The van der Waals surface area contributed by atoms with Gasteiger partial charge in [0.05, 0.1) is 20.1 Å². The lowest BCUT2D eigenvalue weighted by atomic mass is 9.57. The fourth-order valence-electron chi connectivity index (χ4n) is 6.76. The van der Waals surface area contributed by atoms with Crippen molar-refractivity contribution in [1.82, 2.24) is 0 Å². The molecule has 22 heavy (non-hydrogen) atoms. The summed E-state index contributed by atoms with van der Waals surface area (Å²) in [5, 5.41) is 0. The van der Waals surface area contributed by atoms with Gasteiger partial charge in [0, 0.05) is 6.08 Å². The Kier molecular flexibility index (Phi) is 3.14. The number of rotatable bonds is 3. The Hall–Kier alpha value is -1.32. The summed E-state index contributed by atoms with van der Waals surface area (Å²) >= 11 is 0. The molecule has 0 aliphatic heterocycles. The smallest absolute Gasteiger partial charge is 0.330 e. The van der Waals surface area contributed by atoms with Gasteiger partial charge in [-0.15, -0.1) is 0 Å². The second-order valence-corrected chi connectivity index (χ2v) is 7.61. The highest BCUT2D eigenvalue weighted by atomic mass is 16.5. The Morgan fingerprint density at radius 3 is 2.59 bits per heavy atom. The maximum absolute atomic E-state index is 12.1. The Morgan fingerprint density at radius 1 is 1.05 bits per heavy atom. The summed E-state index contributed by atoms with van der Waals surface area (Å²) in [6.45, 7) is 0. The van der Waals surface area contributed by atoms with E-state index in [1.807, 2.05) is 0 Å². The zero-order valence-corrected chi connectivity index (χ0v) is 13.3. The van der Waals surface area contributed by atoms with Crippen LogP contribution in [0.1, 0.15) is 32.1 Å². The van der Waals surface area contributed by atoms with E-state index in [0.29, 0.717) is 23.7 Å². The first-order valence-electron chi connectivity index (χ1n) is 8.46. The molecule has 120 valence electrons. The summed E-state index contributed by atoms with van der Waals surface area (Å²) in [5.74, 6) is 2.77. The van der Waals surface area contributed by atoms with E-state index in [4.69, 9.17) is 9.47 Å². The monoisotopic (exact) mass is 304 g/mol. The van der Waals surface area contributed by atoms with Crippen LogP contribution >= 0.6 is 0 Å². The quantitative estimate of drug-likeness (QED) is 0.457. The van der Waals surface area contributed by atoms with Crippen molar-refractivity contribution in [1.29, 1.82) is 0 Å². The lowest BCUT2D eigenvalue weighted by Gasteiger charge is -2.47. The number of ether oxygens (including phenoxy) is 2. The molecule has 4 bridgehead atoms. The zero-order valence-electron chi connectivity index (χ0n) is 13.3. The maximum Gasteiger partial charge on any atom is 0.330 e. The molecule has 4 heteroatoms. The number of fused-ring (bicyclic) bond motifs is 9. The average molecular weight is 304 g/mol. The molecular formula is C18H24O4. The SMILES string of the molecule is COC(=O)C=CC12C3CCC(C3)C1C1CC2CC1C(=O)OC. The van der Waals surface area contributed by atoms with Crippen molar-refractivity contribution in [2.24, 2.45) is 40.9 Å². The van der Waals surface area contributed by atoms with Crippen LogP contribution in [0, 0.1) is 40.9 Å². The van der Waals surface area contributed by atoms with Crippen LogP contribution in [0.2, 0.25) is 0 Å². The molecule has 0 aromatic carbocycles. The summed E-state index contributed by atoms with van der Waals surface area (Å²) < 4.78 is 9.83. The number of esters is 2. The minimum Gasteiger partial charge on any atom is -0.469 e. The second kappa shape index (κ2) is 4.84. The Bertz CT molecular complexity index is 539. The minimum atomic E-state index is -0.261. The lowest BCUT2D eigenvalue weighted by molar-refractivity contribution is -0.150. The summed E-state index contributed by atoms with van der Waals surface area (Å²) in [6, 6.07) is 0.